The molecular formula is C25H31N5O4. The number of amides is 1. The van der Waals surface area contributed by atoms with Crippen LogP contribution < -0.4 is 5.56 Å². The molecule has 9 heteroatoms. The fourth-order valence-corrected chi connectivity index (χ4v) is 4.99. The van der Waals surface area contributed by atoms with Gasteiger partial charge in [0, 0.05) is 38.9 Å². The van der Waals surface area contributed by atoms with E-state index in [0.29, 0.717) is 64.0 Å². The predicted octanol–water partition coefficient (Wildman–Crippen LogP) is 2.65. The van der Waals surface area contributed by atoms with Gasteiger partial charge in [0.2, 0.25) is 5.91 Å². The number of hydrogen-bond donors (Lipinski definition) is 0. The third kappa shape index (κ3) is 4.14. The van der Waals surface area contributed by atoms with Crippen LogP contribution in [0.1, 0.15) is 42.6 Å². The molecule has 0 radical (unpaired) electrons. The van der Waals surface area contributed by atoms with Gasteiger partial charge in [-0.3, -0.25) is 9.59 Å². The number of likely N-dealkylation sites (tertiary alicyclic amines) is 1. The van der Waals surface area contributed by atoms with Crippen molar-refractivity contribution in [1.82, 2.24) is 24.5 Å². The predicted molar refractivity (Wildman–Crippen MR) is 127 cm³/mol. The number of ether oxygens (including phenoxy) is 2. The fourth-order valence-electron chi connectivity index (χ4n) is 4.99. The molecule has 4 heterocycles. The highest BCUT2D eigenvalue weighted by Crippen LogP contribution is 2.31. The molecule has 3 aromatic rings. The molecule has 5 rings (SSSR count). The third-order valence-electron chi connectivity index (χ3n) is 6.92. The van der Waals surface area contributed by atoms with Crippen molar-refractivity contribution in [3.05, 3.63) is 51.6 Å². The molecule has 2 aromatic heterocycles. The molecule has 0 saturated carbocycles. The van der Waals surface area contributed by atoms with E-state index in [2.05, 4.69) is 10.2 Å². The quantitative estimate of drug-likeness (QED) is 0.575. The van der Waals surface area contributed by atoms with Gasteiger partial charge >= 0.3 is 0 Å². The molecule has 1 amide bonds. The van der Waals surface area contributed by atoms with Gasteiger partial charge in [-0.25, -0.2) is 9.36 Å². The summed E-state index contributed by atoms with van der Waals surface area (Å²) < 4.78 is 14.7. The van der Waals surface area contributed by atoms with Gasteiger partial charge in [-0.15, -0.1) is 0 Å². The second-order valence-corrected chi connectivity index (χ2v) is 9.26. The van der Waals surface area contributed by atoms with Crippen LogP contribution in [-0.2, 0) is 20.8 Å². The Morgan fingerprint density at radius 2 is 1.71 bits per heavy atom. The van der Waals surface area contributed by atoms with Crippen LogP contribution in [0, 0.1) is 20.8 Å². The number of piperidine rings is 1. The normalized spacial score (nSPS) is 17.7. The van der Waals surface area contributed by atoms with Crippen molar-refractivity contribution < 1.29 is 14.3 Å². The summed E-state index contributed by atoms with van der Waals surface area (Å²) in [7, 11) is 0. The van der Waals surface area contributed by atoms with Crippen molar-refractivity contribution in [2.24, 2.45) is 0 Å². The van der Waals surface area contributed by atoms with E-state index in [4.69, 9.17) is 9.47 Å². The average Bonchev–Trinajstić information content (AvgIpc) is 3.43. The fraction of sp³-hybridized carbons (Fsp3) is 0.520. The number of aryl methyl sites for hydroxylation is 4. The standard InChI is InChI=1S/C25H31N5O4/c1-17-6-8-20(9-7-17)30-19(3)22-18(2)26-29(24(32)23(22)27-30)12-4-5-21(31)28-13-10-25(11-14-28)33-15-16-34-25/h6-9H,4-5,10-16H2,1-3H3. The van der Waals surface area contributed by atoms with E-state index in [9.17, 15) is 9.59 Å². The smallest absolute Gasteiger partial charge is 0.295 e. The van der Waals surface area contributed by atoms with Gasteiger partial charge in [0.25, 0.3) is 5.56 Å². The highest BCUT2D eigenvalue weighted by Gasteiger charge is 2.40. The van der Waals surface area contributed by atoms with Crippen LogP contribution in [-0.4, -0.2) is 62.5 Å². The molecule has 180 valence electrons. The van der Waals surface area contributed by atoms with E-state index in [-0.39, 0.29) is 11.5 Å². The highest BCUT2D eigenvalue weighted by atomic mass is 16.7. The van der Waals surface area contributed by atoms with E-state index >= 15 is 0 Å². The molecule has 0 N–H and O–H groups in total. The maximum Gasteiger partial charge on any atom is 0.295 e. The van der Waals surface area contributed by atoms with Gasteiger partial charge in [-0.05, 0) is 39.3 Å². The number of carbonyl (C=O) groups is 1. The van der Waals surface area contributed by atoms with Crippen molar-refractivity contribution in [2.45, 2.75) is 58.8 Å². The lowest BCUT2D eigenvalue weighted by Gasteiger charge is -2.37. The first-order chi connectivity index (χ1) is 16.4. The minimum absolute atomic E-state index is 0.0955. The SMILES string of the molecule is Cc1ccc(-n2nc3c(=O)n(CCCC(=O)N4CCC5(CC4)OCCO5)nc(C)c3c2C)cc1. The molecule has 2 aliphatic heterocycles. The maximum absolute atomic E-state index is 13.2. The van der Waals surface area contributed by atoms with Gasteiger partial charge in [0.1, 0.15) is 0 Å². The zero-order chi connectivity index (χ0) is 23.9. The van der Waals surface area contributed by atoms with Crippen LogP contribution in [0.15, 0.2) is 29.1 Å². The molecule has 0 bridgehead atoms. The Hall–Kier alpha value is -3.04. The van der Waals surface area contributed by atoms with Crippen LogP contribution in [0.5, 0.6) is 0 Å². The monoisotopic (exact) mass is 465 g/mol. The van der Waals surface area contributed by atoms with Crippen LogP contribution >= 0.6 is 0 Å². The lowest BCUT2D eigenvalue weighted by Crippen LogP contribution is -2.47. The Balaban J connectivity index is 1.27. The molecule has 9 nitrogen and oxygen atoms in total. The molecule has 2 fully saturated rings. The van der Waals surface area contributed by atoms with Gasteiger partial charge in [0.15, 0.2) is 11.3 Å². The Bertz CT molecular complexity index is 1260. The lowest BCUT2D eigenvalue weighted by atomic mass is 10.0. The molecule has 0 atom stereocenters. The zero-order valence-electron chi connectivity index (χ0n) is 20.0. The van der Waals surface area contributed by atoms with Crippen molar-refractivity contribution in [3.63, 3.8) is 0 Å². The van der Waals surface area contributed by atoms with Crippen LogP contribution in [0.2, 0.25) is 0 Å². The molecule has 2 aliphatic rings. The third-order valence-corrected chi connectivity index (χ3v) is 6.92. The number of aromatic nitrogens is 4. The van der Waals surface area contributed by atoms with E-state index < -0.39 is 5.79 Å². The molecule has 1 aromatic carbocycles. The number of nitrogens with zero attached hydrogens (tertiary/aromatic N) is 5. The van der Waals surface area contributed by atoms with Gasteiger partial charge in [0.05, 0.1) is 35.7 Å². The minimum Gasteiger partial charge on any atom is -0.347 e. The molecular weight excluding hydrogens is 434 g/mol. The first-order valence-electron chi connectivity index (χ1n) is 12.0. The first kappa shape index (κ1) is 22.7. The van der Waals surface area contributed by atoms with Crippen molar-refractivity contribution in [2.75, 3.05) is 26.3 Å². The van der Waals surface area contributed by atoms with Gasteiger partial charge < -0.3 is 14.4 Å². The van der Waals surface area contributed by atoms with Crippen molar-refractivity contribution >= 4 is 16.8 Å². The van der Waals surface area contributed by atoms with E-state index in [0.717, 1.165) is 28.0 Å². The summed E-state index contributed by atoms with van der Waals surface area (Å²) in [6.45, 7) is 8.79. The van der Waals surface area contributed by atoms with Crippen LogP contribution in [0.3, 0.4) is 0 Å². The number of fused-ring (bicyclic) bond motifs is 1. The summed E-state index contributed by atoms with van der Waals surface area (Å²) in [5.41, 5.74) is 3.91. The summed E-state index contributed by atoms with van der Waals surface area (Å²) in [5.74, 6) is -0.390. The summed E-state index contributed by atoms with van der Waals surface area (Å²) >= 11 is 0. The summed E-state index contributed by atoms with van der Waals surface area (Å²) in [6, 6.07) is 8.04. The van der Waals surface area contributed by atoms with E-state index in [1.807, 2.05) is 49.9 Å². The highest BCUT2D eigenvalue weighted by molar-refractivity contribution is 5.83. The Morgan fingerprint density at radius 1 is 1.03 bits per heavy atom. The number of rotatable bonds is 5. The molecule has 1 spiro atoms. The zero-order valence-corrected chi connectivity index (χ0v) is 20.0. The summed E-state index contributed by atoms with van der Waals surface area (Å²) in [5, 5.41) is 9.95. The van der Waals surface area contributed by atoms with Crippen LogP contribution in [0.4, 0.5) is 0 Å². The van der Waals surface area contributed by atoms with Crippen LogP contribution in [0.25, 0.3) is 16.6 Å². The Morgan fingerprint density at radius 3 is 2.38 bits per heavy atom. The average molecular weight is 466 g/mol. The molecule has 2 saturated heterocycles. The van der Waals surface area contributed by atoms with E-state index in [1.54, 1.807) is 4.68 Å². The summed E-state index contributed by atoms with van der Waals surface area (Å²) in [6.07, 6.45) is 2.33. The lowest BCUT2D eigenvalue weighted by molar-refractivity contribution is -0.187. The number of hydrogen-bond acceptors (Lipinski definition) is 6. The topological polar surface area (TPSA) is 91.5 Å². The van der Waals surface area contributed by atoms with Gasteiger partial charge in [-0.1, -0.05) is 17.7 Å². The molecule has 34 heavy (non-hydrogen) atoms. The largest absolute Gasteiger partial charge is 0.347 e. The second-order valence-electron chi connectivity index (χ2n) is 9.26. The van der Waals surface area contributed by atoms with Gasteiger partial charge in [-0.2, -0.15) is 10.2 Å². The Kier molecular flexibility index (Phi) is 5.99. The van der Waals surface area contributed by atoms with Crippen molar-refractivity contribution in [1.29, 1.82) is 0 Å². The first-order valence-corrected chi connectivity index (χ1v) is 12.0. The number of benzene rings is 1. The number of carbonyl (C=O) groups excluding carboxylic acids is 1. The van der Waals surface area contributed by atoms with E-state index in [1.165, 1.54) is 4.68 Å². The second kappa shape index (κ2) is 8.96. The summed E-state index contributed by atoms with van der Waals surface area (Å²) in [4.78, 5) is 27.7. The maximum atomic E-state index is 13.2. The Labute approximate surface area is 198 Å². The molecule has 0 unspecified atom stereocenters. The van der Waals surface area contributed by atoms with Crippen molar-refractivity contribution in [3.8, 4) is 5.69 Å². The minimum atomic E-state index is -0.485. The molecule has 0 aliphatic carbocycles.